The van der Waals surface area contributed by atoms with Gasteiger partial charge in [0.1, 0.15) is 11.3 Å². The van der Waals surface area contributed by atoms with Gasteiger partial charge < -0.3 is 20.1 Å². The van der Waals surface area contributed by atoms with Gasteiger partial charge in [-0.25, -0.2) is 4.79 Å². The van der Waals surface area contributed by atoms with Gasteiger partial charge in [-0.2, -0.15) is 0 Å². The summed E-state index contributed by atoms with van der Waals surface area (Å²) in [5.74, 6) is -0.0838. The number of aliphatic carboxylic acids is 1. The van der Waals surface area contributed by atoms with Gasteiger partial charge in [-0.05, 0) is 86.2 Å². The van der Waals surface area contributed by atoms with Crippen LogP contribution in [0.25, 0.3) is 5.69 Å². The Hall–Kier alpha value is -3.11. The van der Waals surface area contributed by atoms with Crippen molar-refractivity contribution < 1.29 is 14.6 Å². The van der Waals surface area contributed by atoms with Crippen LogP contribution in [0.3, 0.4) is 0 Å². The molecule has 0 amide bonds. The first-order valence-corrected chi connectivity index (χ1v) is 10.6. The molecule has 1 atom stereocenters. The summed E-state index contributed by atoms with van der Waals surface area (Å²) in [5, 5.41) is 18.5. The molecule has 4 N–H and O–H groups in total. The van der Waals surface area contributed by atoms with E-state index in [1.165, 1.54) is 0 Å². The number of carbonyl (C=O) groups is 1. The van der Waals surface area contributed by atoms with E-state index in [-0.39, 0.29) is 6.73 Å². The highest BCUT2D eigenvalue weighted by molar-refractivity contribution is 7.72. The highest BCUT2D eigenvalue weighted by Gasteiger charge is 2.41. The molecule has 0 fully saturated rings. The average molecular weight is 458 g/mol. The molecule has 1 aliphatic rings. The predicted molar refractivity (Wildman–Crippen MR) is 124 cm³/mol. The molecule has 0 aliphatic carbocycles. The number of ether oxygens (including phenoxy) is 1. The molecular formula is C21H23N5O3S2. The number of hydrogen-bond acceptors (Lipinski definition) is 6. The molecule has 10 heteroatoms. The first-order chi connectivity index (χ1) is 14.8. The zero-order valence-corrected chi connectivity index (χ0v) is 18.8. The standard InChI is InChI=1S/C21H23N5O3S2/c1-21(18(27)28)9-8-13-10-16(6-7-17(13)25(21)2)29-12-22-14-4-3-5-15(11-14)26-19(30)23-24-20(26)31/h3-7,10-11,22H,8-9,12H2,1-2H3,(H,23,30)(H,24,31)(H,27,28). The third-order valence-corrected chi connectivity index (χ3v) is 6.37. The fraction of sp³-hybridized carbons (Fsp3) is 0.286. The van der Waals surface area contributed by atoms with Crippen molar-refractivity contribution in [2.45, 2.75) is 25.3 Å². The molecule has 0 bridgehead atoms. The number of aryl methyl sites for hydroxylation is 1. The van der Waals surface area contributed by atoms with Crippen LogP contribution in [0.15, 0.2) is 42.5 Å². The second-order valence-electron chi connectivity index (χ2n) is 7.64. The Morgan fingerprint density at radius 3 is 2.68 bits per heavy atom. The molecule has 1 unspecified atom stereocenters. The van der Waals surface area contributed by atoms with Gasteiger partial charge in [0.05, 0.1) is 5.69 Å². The normalized spacial score (nSPS) is 17.8. The number of nitrogens with zero attached hydrogens (tertiary/aromatic N) is 2. The molecule has 8 nitrogen and oxygen atoms in total. The molecule has 0 saturated heterocycles. The Labute approximate surface area is 189 Å². The SMILES string of the molecule is CN1c2ccc(OCNc3cccc(-n4c(=S)[nH][nH]c4=S)c3)cc2CCC1(C)C(=O)O. The lowest BCUT2D eigenvalue weighted by molar-refractivity contribution is -0.143. The Morgan fingerprint density at radius 2 is 1.97 bits per heavy atom. The molecule has 31 heavy (non-hydrogen) atoms. The first kappa shape index (κ1) is 21.1. The number of carboxylic acids is 1. The maximum atomic E-state index is 11.7. The quantitative estimate of drug-likeness (QED) is 0.324. The third-order valence-electron chi connectivity index (χ3n) is 5.80. The lowest BCUT2D eigenvalue weighted by atomic mass is 9.86. The van der Waals surface area contributed by atoms with Crippen LogP contribution in [0, 0.1) is 9.54 Å². The van der Waals surface area contributed by atoms with E-state index in [2.05, 4.69) is 15.5 Å². The van der Waals surface area contributed by atoms with Gasteiger partial charge in [0.15, 0.2) is 16.3 Å². The number of carboxylic acid groups (broad SMARTS) is 1. The van der Waals surface area contributed by atoms with Crippen molar-refractivity contribution in [2.75, 3.05) is 24.0 Å². The number of hydrogen-bond donors (Lipinski definition) is 4. The topological polar surface area (TPSA) is 98.3 Å². The van der Waals surface area contributed by atoms with Crippen molar-refractivity contribution in [2.24, 2.45) is 0 Å². The van der Waals surface area contributed by atoms with Crippen LogP contribution in [0.2, 0.25) is 0 Å². The van der Waals surface area contributed by atoms with Crippen LogP contribution >= 0.6 is 24.4 Å². The highest BCUT2D eigenvalue weighted by atomic mass is 32.1. The summed E-state index contributed by atoms with van der Waals surface area (Å²) in [6.45, 7) is 2.03. The minimum atomic E-state index is -0.896. The molecule has 1 aliphatic heterocycles. The second-order valence-corrected chi connectivity index (χ2v) is 8.41. The van der Waals surface area contributed by atoms with E-state index >= 15 is 0 Å². The van der Waals surface area contributed by atoms with Crippen LogP contribution in [-0.2, 0) is 11.2 Å². The lowest BCUT2D eigenvalue weighted by Gasteiger charge is -2.41. The summed E-state index contributed by atoms with van der Waals surface area (Å²) in [6, 6.07) is 13.5. The maximum Gasteiger partial charge on any atom is 0.329 e. The number of nitrogens with one attached hydrogen (secondary N) is 3. The van der Waals surface area contributed by atoms with Gasteiger partial charge in [0.2, 0.25) is 0 Å². The van der Waals surface area contributed by atoms with Gasteiger partial charge in [0.25, 0.3) is 0 Å². The molecule has 2 aromatic carbocycles. The summed E-state index contributed by atoms with van der Waals surface area (Å²) in [6.07, 6.45) is 1.23. The van der Waals surface area contributed by atoms with Gasteiger partial charge in [-0.15, -0.1) is 0 Å². The zero-order chi connectivity index (χ0) is 22.2. The summed E-state index contributed by atoms with van der Waals surface area (Å²) in [7, 11) is 1.82. The first-order valence-electron chi connectivity index (χ1n) is 9.76. The smallest absolute Gasteiger partial charge is 0.329 e. The van der Waals surface area contributed by atoms with Crippen LogP contribution < -0.4 is 15.0 Å². The number of aromatic amines is 2. The summed E-state index contributed by atoms with van der Waals surface area (Å²) >= 11 is 10.5. The number of benzene rings is 2. The molecule has 0 spiro atoms. The van der Waals surface area contributed by atoms with Crippen molar-refractivity contribution >= 4 is 41.8 Å². The molecule has 0 saturated carbocycles. The van der Waals surface area contributed by atoms with E-state index in [9.17, 15) is 9.90 Å². The number of fused-ring (bicyclic) bond motifs is 1. The van der Waals surface area contributed by atoms with E-state index < -0.39 is 11.5 Å². The number of anilines is 2. The number of likely N-dealkylation sites (N-methyl/N-ethyl adjacent to an activating group) is 1. The molecule has 2 heterocycles. The highest BCUT2D eigenvalue weighted by Crippen LogP contribution is 2.37. The average Bonchev–Trinajstić information content (AvgIpc) is 3.09. The Balaban J connectivity index is 1.44. The monoisotopic (exact) mass is 457 g/mol. The van der Waals surface area contributed by atoms with Crippen molar-refractivity contribution in [3.8, 4) is 11.4 Å². The van der Waals surface area contributed by atoms with Gasteiger partial charge in [0, 0.05) is 18.4 Å². The van der Waals surface area contributed by atoms with E-state index in [0.717, 1.165) is 28.4 Å². The minimum absolute atomic E-state index is 0.274. The van der Waals surface area contributed by atoms with Gasteiger partial charge in [-0.3, -0.25) is 14.8 Å². The molecule has 0 radical (unpaired) electrons. The minimum Gasteiger partial charge on any atom is -0.480 e. The summed E-state index contributed by atoms with van der Waals surface area (Å²) in [5.41, 5.74) is 2.81. The van der Waals surface area contributed by atoms with E-state index in [1.54, 1.807) is 11.5 Å². The van der Waals surface area contributed by atoms with Crippen molar-refractivity contribution in [3.05, 3.63) is 57.6 Å². The van der Waals surface area contributed by atoms with E-state index in [1.807, 2.05) is 54.4 Å². The van der Waals surface area contributed by atoms with Gasteiger partial charge in [-0.1, -0.05) is 6.07 Å². The number of aromatic nitrogens is 3. The summed E-state index contributed by atoms with van der Waals surface area (Å²) in [4.78, 5) is 13.5. The fourth-order valence-electron chi connectivity index (χ4n) is 3.74. The van der Waals surface area contributed by atoms with Crippen molar-refractivity contribution in [1.29, 1.82) is 0 Å². The van der Waals surface area contributed by atoms with E-state index in [4.69, 9.17) is 29.2 Å². The molecule has 1 aromatic heterocycles. The molecule has 3 aromatic rings. The van der Waals surface area contributed by atoms with Crippen LogP contribution in [-0.4, -0.2) is 45.2 Å². The number of H-pyrrole nitrogens is 2. The van der Waals surface area contributed by atoms with E-state index in [0.29, 0.717) is 22.4 Å². The Kier molecular flexibility index (Phi) is 5.59. The fourth-order valence-corrected chi connectivity index (χ4v) is 4.30. The van der Waals surface area contributed by atoms with Crippen molar-refractivity contribution in [3.63, 3.8) is 0 Å². The predicted octanol–water partition coefficient (Wildman–Crippen LogP) is 4.27. The van der Waals surface area contributed by atoms with Gasteiger partial charge >= 0.3 is 5.97 Å². The Morgan fingerprint density at radius 1 is 1.23 bits per heavy atom. The Bertz CT molecular complexity index is 1220. The van der Waals surface area contributed by atoms with Crippen molar-refractivity contribution in [1.82, 2.24) is 14.8 Å². The zero-order valence-electron chi connectivity index (χ0n) is 17.1. The van der Waals surface area contributed by atoms with Crippen LogP contribution in [0.5, 0.6) is 5.75 Å². The van der Waals surface area contributed by atoms with Crippen LogP contribution in [0.1, 0.15) is 18.9 Å². The lowest BCUT2D eigenvalue weighted by Crippen LogP contribution is -2.53. The molecular weight excluding hydrogens is 434 g/mol. The summed E-state index contributed by atoms with van der Waals surface area (Å²) < 4.78 is 8.61. The maximum absolute atomic E-state index is 11.7. The third kappa shape index (κ3) is 3.96. The van der Waals surface area contributed by atoms with Crippen LogP contribution in [0.4, 0.5) is 11.4 Å². The molecule has 4 rings (SSSR count). The largest absolute Gasteiger partial charge is 0.480 e. The second kappa shape index (κ2) is 8.20. The number of rotatable bonds is 6. The molecule has 162 valence electrons.